The number of nitrogens with one attached hydrogen (secondary N) is 1. The van der Waals surface area contributed by atoms with Crippen LogP contribution in [-0.2, 0) is 19.1 Å². The van der Waals surface area contributed by atoms with Crippen LogP contribution in [0.15, 0.2) is 0 Å². The Balaban J connectivity index is 2.51. The van der Waals surface area contributed by atoms with Crippen molar-refractivity contribution in [3.05, 3.63) is 0 Å². The fourth-order valence-electron chi connectivity index (χ4n) is 1.77. The number of ether oxygens (including phenoxy) is 1. The molecule has 2 unspecified atom stereocenters. The van der Waals surface area contributed by atoms with Gasteiger partial charge >= 0.3 is 5.97 Å². The van der Waals surface area contributed by atoms with Gasteiger partial charge in [0.2, 0.25) is 5.91 Å². The minimum Gasteiger partial charge on any atom is -0.467 e. The molecule has 1 aliphatic carbocycles. The summed E-state index contributed by atoms with van der Waals surface area (Å²) in [6.07, 6.45) is 3.22. The van der Waals surface area contributed by atoms with E-state index in [-0.39, 0.29) is 24.0 Å². The van der Waals surface area contributed by atoms with Crippen molar-refractivity contribution in [2.75, 3.05) is 19.1 Å². The van der Waals surface area contributed by atoms with Gasteiger partial charge in [-0.25, -0.2) is 4.79 Å². The molecule has 0 radical (unpaired) electrons. The number of amides is 1. The van der Waals surface area contributed by atoms with E-state index in [0.29, 0.717) is 18.6 Å². The number of carbonyl (C=O) groups is 3. The number of carbonyl (C=O) groups excluding carboxylic acids is 3. The van der Waals surface area contributed by atoms with Gasteiger partial charge in [-0.2, -0.15) is 0 Å². The van der Waals surface area contributed by atoms with E-state index in [2.05, 4.69) is 10.1 Å². The summed E-state index contributed by atoms with van der Waals surface area (Å²) in [5.41, 5.74) is 0. The van der Waals surface area contributed by atoms with E-state index in [1.165, 1.54) is 28.7 Å². The Morgan fingerprint density at radius 2 is 2.28 bits per heavy atom. The predicted molar refractivity (Wildman–Crippen MR) is 72.3 cm³/mol. The summed E-state index contributed by atoms with van der Waals surface area (Å²) in [5.74, 6) is -0.389. The van der Waals surface area contributed by atoms with Crippen LogP contribution in [-0.4, -0.2) is 42.8 Å². The molecule has 7 heteroatoms. The molecule has 1 N–H and O–H groups in total. The predicted octanol–water partition coefficient (Wildman–Crippen LogP) is 1.02. The molecule has 18 heavy (non-hydrogen) atoms. The van der Waals surface area contributed by atoms with Gasteiger partial charge in [-0.3, -0.25) is 9.59 Å². The third-order valence-corrected chi connectivity index (χ3v) is 4.59. The summed E-state index contributed by atoms with van der Waals surface area (Å²) in [4.78, 5) is 34.5. The van der Waals surface area contributed by atoms with Crippen molar-refractivity contribution in [1.82, 2.24) is 5.32 Å². The topological polar surface area (TPSA) is 72.5 Å². The molecular formula is C11H17NO4S2. The number of hydrogen-bond donors (Lipinski definition) is 1. The molecule has 0 heterocycles. The third kappa shape index (κ3) is 4.53. The highest BCUT2D eigenvalue weighted by atomic mass is 33.1. The van der Waals surface area contributed by atoms with E-state index in [1.807, 2.05) is 6.26 Å². The van der Waals surface area contributed by atoms with Crippen molar-refractivity contribution in [3.63, 3.8) is 0 Å². The maximum absolute atomic E-state index is 11.9. The zero-order valence-electron chi connectivity index (χ0n) is 10.4. The maximum atomic E-state index is 11.9. The minimum absolute atomic E-state index is 0.114. The molecule has 2 atom stereocenters. The van der Waals surface area contributed by atoms with E-state index in [9.17, 15) is 14.4 Å². The Morgan fingerprint density at radius 3 is 2.78 bits per heavy atom. The molecule has 5 nitrogen and oxygen atoms in total. The van der Waals surface area contributed by atoms with Gasteiger partial charge in [-0.1, -0.05) is 21.6 Å². The number of ketones is 1. The molecule has 1 rings (SSSR count). The Bertz CT molecular complexity index is 335. The second-order valence-electron chi connectivity index (χ2n) is 4.01. The van der Waals surface area contributed by atoms with Crippen molar-refractivity contribution in [1.29, 1.82) is 0 Å². The third-order valence-electron chi connectivity index (χ3n) is 2.77. The SMILES string of the molecule is COC(=O)C(CSSC)NC(=O)C1CCC(=O)C1. The molecule has 102 valence electrons. The maximum Gasteiger partial charge on any atom is 0.329 e. The van der Waals surface area contributed by atoms with Crippen LogP contribution in [0.25, 0.3) is 0 Å². The van der Waals surface area contributed by atoms with Crippen molar-refractivity contribution >= 4 is 39.2 Å². The van der Waals surface area contributed by atoms with Gasteiger partial charge in [0.1, 0.15) is 11.8 Å². The van der Waals surface area contributed by atoms with Crippen LogP contribution >= 0.6 is 21.6 Å². The Labute approximate surface area is 114 Å². The molecule has 1 saturated carbocycles. The molecule has 1 aliphatic rings. The van der Waals surface area contributed by atoms with E-state index in [4.69, 9.17) is 0 Å². The summed E-state index contributed by atoms with van der Waals surface area (Å²) >= 11 is 0. The highest BCUT2D eigenvalue weighted by Gasteiger charge is 2.31. The summed E-state index contributed by atoms with van der Waals surface area (Å²) in [6, 6.07) is -0.643. The standard InChI is InChI=1S/C11H17NO4S2/c1-16-11(15)9(6-18-17-2)12-10(14)7-3-4-8(13)5-7/h7,9H,3-6H2,1-2H3,(H,12,14). The van der Waals surface area contributed by atoms with Gasteiger partial charge in [0.05, 0.1) is 7.11 Å². The van der Waals surface area contributed by atoms with Gasteiger partial charge in [-0.15, -0.1) is 0 Å². The number of Topliss-reactive ketones (excluding diaryl/α,β-unsaturated/α-hetero) is 1. The molecule has 0 spiro atoms. The van der Waals surface area contributed by atoms with Gasteiger partial charge in [-0.05, 0) is 12.7 Å². The second kappa shape index (κ2) is 7.68. The van der Waals surface area contributed by atoms with Crippen molar-refractivity contribution in [3.8, 4) is 0 Å². The van der Waals surface area contributed by atoms with E-state index < -0.39 is 12.0 Å². The number of hydrogen-bond acceptors (Lipinski definition) is 6. The summed E-state index contributed by atoms with van der Waals surface area (Å²) in [7, 11) is 4.30. The first-order chi connectivity index (χ1) is 8.58. The van der Waals surface area contributed by atoms with Gasteiger partial charge in [0.25, 0.3) is 0 Å². The lowest BCUT2D eigenvalue weighted by molar-refractivity contribution is -0.144. The first kappa shape index (κ1) is 15.4. The lowest BCUT2D eigenvalue weighted by atomic mass is 10.1. The number of methoxy groups -OCH3 is 1. The van der Waals surface area contributed by atoms with Crippen LogP contribution < -0.4 is 5.32 Å². The molecule has 0 aromatic heterocycles. The van der Waals surface area contributed by atoms with Crippen LogP contribution in [0.3, 0.4) is 0 Å². The molecular weight excluding hydrogens is 274 g/mol. The molecule has 0 aromatic rings. The molecule has 0 aliphatic heterocycles. The van der Waals surface area contributed by atoms with Crippen molar-refractivity contribution in [2.45, 2.75) is 25.3 Å². The Kier molecular flexibility index (Phi) is 6.56. The first-order valence-corrected chi connectivity index (χ1v) is 8.36. The smallest absolute Gasteiger partial charge is 0.329 e. The van der Waals surface area contributed by atoms with E-state index in [0.717, 1.165) is 0 Å². The summed E-state index contributed by atoms with van der Waals surface area (Å²) in [6.45, 7) is 0. The van der Waals surface area contributed by atoms with Gasteiger partial charge in [0.15, 0.2) is 0 Å². The fourth-order valence-corrected chi connectivity index (χ4v) is 3.08. The lowest BCUT2D eigenvalue weighted by Gasteiger charge is -2.17. The van der Waals surface area contributed by atoms with Crippen LogP contribution in [0.4, 0.5) is 0 Å². The van der Waals surface area contributed by atoms with Crippen LogP contribution in [0.5, 0.6) is 0 Å². The van der Waals surface area contributed by atoms with Crippen LogP contribution in [0.1, 0.15) is 19.3 Å². The lowest BCUT2D eigenvalue weighted by Crippen LogP contribution is -2.45. The quantitative estimate of drug-likeness (QED) is 0.582. The minimum atomic E-state index is -0.643. The summed E-state index contributed by atoms with van der Waals surface area (Å²) in [5, 5.41) is 2.67. The van der Waals surface area contributed by atoms with Crippen molar-refractivity contribution in [2.24, 2.45) is 5.92 Å². The van der Waals surface area contributed by atoms with Crippen LogP contribution in [0, 0.1) is 5.92 Å². The number of esters is 1. The zero-order valence-corrected chi connectivity index (χ0v) is 12.1. The van der Waals surface area contributed by atoms with E-state index >= 15 is 0 Å². The monoisotopic (exact) mass is 291 g/mol. The molecule has 1 amide bonds. The van der Waals surface area contributed by atoms with Crippen LogP contribution in [0.2, 0.25) is 0 Å². The largest absolute Gasteiger partial charge is 0.467 e. The normalized spacial score (nSPS) is 20.6. The molecule has 0 saturated heterocycles. The second-order valence-corrected chi connectivity index (χ2v) is 6.62. The highest BCUT2D eigenvalue weighted by molar-refractivity contribution is 8.76. The Hall–Kier alpha value is -0.690. The summed E-state index contributed by atoms with van der Waals surface area (Å²) < 4.78 is 4.65. The fraction of sp³-hybridized carbons (Fsp3) is 0.727. The average molecular weight is 291 g/mol. The van der Waals surface area contributed by atoms with Gasteiger partial charge in [0, 0.05) is 24.5 Å². The Morgan fingerprint density at radius 1 is 1.56 bits per heavy atom. The van der Waals surface area contributed by atoms with Gasteiger partial charge < -0.3 is 10.1 Å². The first-order valence-electron chi connectivity index (χ1n) is 5.64. The van der Waals surface area contributed by atoms with Crippen molar-refractivity contribution < 1.29 is 19.1 Å². The zero-order chi connectivity index (χ0) is 13.5. The molecule has 1 fully saturated rings. The average Bonchev–Trinajstić information content (AvgIpc) is 2.80. The molecule has 0 aromatic carbocycles. The molecule has 0 bridgehead atoms. The van der Waals surface area contributed by atoms with E-state index in [1.54, 1.807) is 0 Å². The number of rotatable bonds is 6. The highest BCUT2D eigenvalue weighted by Crippen LogP contribution is 2.23.